The van der Waals surface area contributed by atoms with Crippen molar-refractivity contribution >= 4 is 11.8 Å². The maximum absolute atomic E-state index is 13.3. The van der Waals surface area contributed by atoms with E-state index in [-0.39, 0.29) is 11.8 Å². The van der Waals surface area contributed by atoms with Gasteiger partial charge in [-0.1, -0.05) is 73.5 Å². The Morgan fingerprint density at radius 1 is 0.969 bits per heavy atom. The predicted octanol–water partition coefficient (Wildman–Crippen LogP) is 3.67. The highest BCUT2D eigenvalue weighted by atomic mass is 16.2. The first kappa shape index (κ1) is 20.5. The van der Waals surface area contributed by atoms with Crippen molar-refractivity contribution in [3.05, 3.63) is 89.5 Å². The second-order valence-corrected chi connectivity index (χ2v) is 8.80. The molecule has 2 heterocycles. The van der Waals surface area contributed by atoms with Gasteiger partial charge in [0.2, 0.25) is 5.91 Å². The molecule has 2 amide bonds. The molecule has 2 aromatic carbocycles. The first-order chi connectivity index (χ1) is 15.7. The molecular formula is C26H28N4O2. The molecule has 1 fully saturated rings. The fraction of sp³-hybridized carbons (Fsp3) is 0.346. The summed E-state index contributed by atoms with van der Waals surface area (Å²) >= 11 is 0. The third-order valence-electron chi connectivity index (χ3n) is 6.78. The van der Waals surface area contributed by atoms with Crippen LogP contribution in [0.5, 0.6) is 0 Å². The topological polar surface area (TPSA) is 67.2 Å². The van der Waals surface area contributed by atoms with Gasteiger partial charge in [-0.25, -0.2) is 4.98 Å². The highest BCUT2D eigenvalue weighted by Crippen LogP contribution is 2.41. The fourth-order valence-corrected chi connectivity index (χ4v) is 5.05. The maximum Gasteiger partial charge on any atom is 0.290 e. The average Bonchev–Trinajstić information content (AvgIpc) is 3.49. The minimum absolute atomic E-state index is 0.0594. The summed E-state index contributed by atoms with van der Waals surface area (Å²) in [4.78, 5) is 32.7. The van der Waals surface area contributed by atoms with Gasteiger partial charge in [0.15, 0.2) is 5.82 Å². The molecule has 0 atom stereocenters. The van der Waals surface area contributed by atoms with Gasteiger partial charge >= 0.3 is 0 Å². The number of carbonyl (C=O) groups excluding carboxylic acids is 2. The lowest BCUT2D eigenvalue weighted by Crippen LogP contribution is -2.42. The van der Waals surface area contributed by atoms with Gasteiger partial charge in [-0.15, -0.1) is 0 Å². The van der Waals surface area contributed by atoms with Gasteiger partial charge in [-0.3, -0.25) is 9.59 Å². The summed E-state index contributed by atoms with van der Waals surface area (Å²) in [5.41, 5.74) is 2.47. The fourth-order valence-electron chi connectivity index (χ4n) is 5.05. The number of amides is 2. The summed E-state index contributed by atoms with van der Waals surface area (Å²) in [5.74, 6) is 0.452. The smallest absolute Gasteiger partial charge is 0.290 e. The number of imidazole rings is 1. The van der Waals surface area contributed by atoms with Gasteiger partial charge < -0.3 is 14.8 Å². The molecule has 0 radical (unpaired) electrons. The molecule has 0 bridgehead atoms. The van der Waals surface area contributed by atoms with Crippen LogP contribution in [0.15, 0.2) is 66.9 Å². The van der Waals surface area contributed by atoms with Gasteiger partial charge in [0, 0.05) is 25.8 Å². The zero-order valence-electron chi connectivity index (χ0n) is 18.2. The van der Waals surface area contributed by atoms with Crippen molar-refractivity contribution in [2.75, 3.05) is 6.54 Å². The Labute approximate surface area is 188 Å². The van der Waals surface area contributed by atoms with E-state index >= 15 is 0 Å². The molecule has 6 heteroatoms. The number of hydrogen-bond acceptors (Lipinski definition) is 3. The van der Waals surface area contributed by atoms with Crippen LogP contribution in [0.25, 0.3) is 0 Å². The van der Waals surface area contributed by atoms with E-state index in [2.05, 4.69) is 22.4 Å². The van der Waals surface area contributed by atoms with Crippen molar-refractivity contribution in [3.63, 3.8) is 0 Å². The molecule has 0 spiro atoms. The third-order valence-corrected chi connectivity index (χ3v) is 6.78. The minimum atomic E-state index is -0.455. The van der Waals surface area contributed by atoms with Crippen LogP contribution in [0.1, 0.15) is 53.1 Å². The molecule has 1 saturated carbocycles. The van der Waals surface area contributed by atoms with E-state index in [0.29, 0.717) is 32.0 Å². The Hall–Kier alpha value is -3.41. The van der Waals surface area contributed by atoms with Gasteiger partial charge in [-0.2, -0.15) is 0 Å². The van der Waals surface area contributed by atoms with Crippen molar-refractivity contribution in [2.45, 2.75) is 50.7 Å². The molecular weight excluding hydrogens is 400 g/mol. The molecule has 1 aromatic heterocycles. The lowest BCUT2D eigenvalue weighted by molar-refractivity contribution is -0.126. The summed E-state index contributed by atoms with van der Waals surface area (Å²) in [6.07, 6.45) is 5.77. The van der Waals surface area contributed by atoms with Gasteiger partial charge in [0.1, 0.15) is 0 Å². The number of nitrogens with one attached hydrogen (secondary N) is 1. The molecule has 0 unspecified atom stereocenters. The molecule has 1 aliphatic carbocycles. The highest BCUT2D eigenvalue weighted by molar-refractivity contribution is 5.91. The second-order valence-electron chi connectivity index (χ2n) is 8.80. The van der Waals surface area contributed by atoms with Crippen LogP contribution < -0.4 is 5.32 Å². The minimum Gasteiger partial charge on any atom is -0.350 e. The summed E-state index contributed by atoms with van der Waals surface area (Å²) < 4.78 is 1.91. The standard InChI is InChI=1S/C26H28N4O2/c31-24-23-28-22(19-29(23)15-16-30(24)18-20-9-3-1-4-10-20)17-27-25(32)26(13-7-8-14-26)21-11-5-2-6-12-21/h1-6,9-12,19H,7-8,13-18H2,(H,27,32). The van der Waals surface area contributed by atoms with Crippen LogP contribution in [0.3, 0.4) is 0 Å². The molecule has 164 valence electrons. The van der Waals surface area contributed by atoms with Crippen LogP contribution in [0.4, 0.5) is 0 Å². The van der Waals surface area contributed by atoms with E-state index < -0.39 is 5.41 Å². The van der Waals surface area contributed by atoms with Crippen molar-refractivity contribution < 1.29 is 9.59 Å². The van der Waals surface area contributed by atoms with E-state index in [1.165, 1.54) is 0 Å². The van der Waals surface area contributed by atoms with Crippen LogP contribution >= 0.6 is 0 Å². The number of aromatic nitrogens is 2. The first-order valence-electron chi connectivity index (χ1n) is 11.4. The number of benzene rings is 2. The number of nitrogens with zero attached hydrogens (tertiary/aromatic N) is 3. The van der Waals surface area contributed by atoms with Crippen molar-refractivity contribution in [1.82, 2.24) is 19.8 Å². The predicted molar refractivity (Wildman–Crippen MR) is 122 cm³/mol. The van der Waals surface area contributed by atoms with Crippen LogP contribution in [-0.2, 0) is 29.8 Å². The Morgan fingerprint density at radius 3 is 2.38 bits per heavy atom. The number of carbonyl (C=O) groups is 2. The van der Waals surface area contributed by atoms with Gasteiger partial charge in [0.25, 0.3) is 5.91 Å². The quantitative estimate of drug-likeness (QED) is 0.652. The molecule has 2 aliphatic rings. The first-order valence-corrected chi connectivity index (χ1v) is 11.4. The Balaban J connectivity index is 1.27. The Morgan fingerprint density at radius 2 is 1.66 bits per heavy atom. The lowest BCUT2D eigenvalue weighted by Gasteiger charge is -2.28. The Kier molecular flexibility index (Phi) is 5.52. The van der Waals surface area contributed by atoms with Crippen molar-refractivity contribution in [1.29, 1.82) is 0 Å². The van der Waals surface area contributed by atoms with E-state index in [4.69, 9.17) is 0 Å². The van der Waals surface area contributed by atoms with Crippen molar-refractivity contribution in [2.24, 2.45) is 0 Å². The summed E-state index contributed by atoms with van der Waals surface area (Å²) in [7, 11) is 0. The lowest BCUT2D eigenvalue weighted by atomic mass is 9.78. The largest absolute Gasteiger partial charge is 0.350 e. The number of fused-ring (bicyclic) bond motifs is 1. The molecule has 6 nitrogen and oxygen atoms in total. The highest BCUT2D eigenvalue weighted by Gasteiger charge is 2.42. The molecule has 5 rings (SSSR count). The van der Waals surface area contributed by atoms with E-state index in [9.17, 15) is 9.59 Å². The molecule has 0 saturated heterocycles. The zero-order valence-corrected chi connectivity index (χ0v) is 18.2. The maximum atomic E-state index is 13.3. The molecule has 1 aliphatic heterocycles. The van der Waals surface area contributed by atoms with E-state index in [1.54, 1.807) is 0 Å². The van der Waals surface area contributed by atoms with E-state index in [0.717, 1.165) is 42.5 Å². The SMILES string of the molecule is O=C1c2nc(CNC(=O)C3(c4ccccc4)CCCC3)cn2CCN1Cc1ccccc1. The van der Waals surface area contributed by atoms with Crippen LogP contribution in [0, 0.1) is 0 Å². The van der Waals surface area contributed by atoms with Crippen LogP contribution in [-0.4, -0.2) is 32.8 Å². The second kappa shape index (κ2) is 8.61. The van der Waals surface area contributed by atoms with Gasteiger partial charge in [0.05, 0.1) is 17.7 Å². The average molecular weight is 429 g/mol. The van der Waals surface area contributed by atoms with Crippen LogP contribution in [0.2, 0.25) is 0 Å². The molecule has 1 N–H and O–H groups in total. The number of hydrogen-bond donors (Lipinski definition) is 1. The summed E-state index contributed by atoms with van der Waals surface area (Å²) in [6, 6.07) is 20.1. The monoisotopic (exact) mass is 428 g/mol. The van der Waals surface area contributed by atoms with E-state index in [1.807, 2.05) is 64.2 Å². The Bertz CT molecular complexity index is 1100. The molecule has 32 heavy (non-hydrogen) atoms. The zero-order chi connectivity index (χ0) is 22.0. The molecule has 3 aromatic rings. The summed E-state index contributed by atoms with van der Waals surface area (Å²) in [6.45, 7) is 2.28. The van der Waals surface area contributed by atoms with Crippen molar-refractivity contribution in [3.8, 4) is 0 Å². The normalized spacial score (nSPS) is 17.2. The number of rotatable bonds is 6. The van der Waals surface area contributed by atoms with Gasteiger partial charge in [-0.05, 0) is 24.0 Å². The summed E-state index contributed by atoms with van der Waals surface area (Å²) in [5, 5.41) is 3.12. The third kappa shape index (κ3) is 3.81.